The molecule has 4 rings (SSSR count). The molecule has 0 fully saturated rings. The highest BCUT2D eigenvalue weighted by Crippen LogP contribution is 2.34. The molecule has 140 valence electrons. The van der Waals surface area contributed by atoms with Crippen LogP contribution in [-0.2, 0) is 25.8 Å². The highest BCUT2D eigenvalue weighted by Gasteiger charge is 2.27. The van der Waals surface area contributed by atoms with Crippen molar-refractivity contribution in [1.82, 2.24) is 20.1 Å². The molecule has 0 atom stereocenters. The number of hydrogen-bond donors (Lipinski definition) is 2. The Morgan fingerprint density at radius 2 is 2.22 bits per heavy atom. The van der Waals surface area contributed by atoms with Crippen LogP contribution in [0.15, 0.2) is 35.3 Å². The molecule has 0 saturated heterocycles. The quantitative estimate of drug-likeness (QED) is 0.586. The van der Waals surface area contributed by atoms with Crippen LogP contribution in [-0.4, -0.2) is 38.9 Å². The second kappa shape index (κ2) is 8.02. The Kier molecular flexibility index (Phi) is 5.31. The van der Waals surface area contributed by atoms with E-state index in [0.717, 1.165) is 54.7 Å². The van der Waals surface area contributed by atoms with Gasteiger partial charge >= 0.3 is 5.97 Å². The van der Waals surface area contributed by atoms with E-state index < -0.39 is 5.97 Å². The second-order valence-corrected chi connectivity index (χ2v) is 7.50. The molecule has 0 saturated carbocycles. The summed E-state index contributed by atoms with van der Waals surface area (Å²) in [5.41, 5.74) is 5.51. The Morgan fingerprint density at radius 3 is 3.04 bits per heavy atom. The Morgan fingerprint density at radius 1 is 1.30 bits per heavy atom. The third-order valence-electron chi connectivity index (χ3n) is 4.95. The lowest BCUT2D eigenvalue weighted by Gasteiger charge is -2.14. The van der Waals surface area contributed by atoms with Gasteiger partial charge in [-0.05, 0) is 72.8 Å². The number of hydrogen-bond acceptors (Lipinski definition) is 5. The van der Waals surface area contributed by atoms with Crippen LogP contribution in [0, 0.1) is 0 Å². The number of thiophene rings is 1. The third-order valence-corrected chi connectivity index (χ3v) is 5.68. The Labute approximate surface area is 161 Å². The molecule has 0 aromatic carbocycles. The van der Waals surface area contributed by atoms with Crippen LogP contribution in [0.3, 0.4) is 0 Å². The van der Waals surface area contributed by atoms with Crippen LogP contribution in [0.5, 0.6) is 0 Å². The lowest BCUT2D eigenvalue weighted by molar-refractivity contribution is 0.0681. The number of fused-ring (bicyclic) bond motifs is 3. The Bertz CT molecular complexity index is 934. The van der Waals surface area contributed by atoms with Crippen LogP contribution in [0.4, 0.5) is 0 Å². The van der Waals surface area contributed by atoms with Crippen LogP contribution in [0.25, 0.3) is 11.3 Å². The summed E-state index contributed by atoms with van der Waals surface area (Å²) >= 11 is 1.72. The largest absolute Gasteiger partial charge is 0.477 e. The van der Waals surface area contributed by atoms with Crippen LogP contribution >= 0.6 is 11.3 Å². The predicted octanol–water partition coefficient (Wildman–Crippen LogP) is 3.03. The van der Waals surface area contributed by atoms with Crippen LogP contribution < -0.4 is 5.32 Å². The molecule has 6 nitrogen and oxygen atoms in total. The lowest BCUT2D eigenvalue weighted by atomic mass is 9.90. The average Bonchev–Trinajstić information content (AvgIpc) is 3.31. The summed E-state index contributed by atoms with van der Waals surface area (Å²) in [6, 6.07) is 4.08. The number of rotatable bonds is 8. The summed E-state index contributed by atoms with van der Waals surface area (Å²) in [6.07, 6.45) is 6.97. The number of nitrogens with one attached hydrogen (secondary N) is 1. The Balaban J connectivity index is 1.41. The first-order chi connectivity index (χ1) is 13.2. The van der Waals surface area contributed by atoms with E-state index in [-0.39, 0.29) is 0 Å². The van der Waals surface area contributed by atoms with Crippen LogP contribution in [0.2, 0.25) is 0 Å². The van der Waals surface area contributed by atoms with E-state index in [1.54, 1.807) is 22.2 Å². The monoisotopic (exact) mass is 382 g/mol. The first kappa shape index (κ1) is 17.9. The molecule has 2 N–H and O–H groups in total. The number of aryl methyl sites for hydroxylation is 2. The zero-order valence-electron chi connectivity index (χ0n) is 15.0. The van der Waals surface area contributed by atoms with E-state index in [9.17, 15) is 9.90 Å². The molecule has 3 heterocycles. The van der Waals surface area contributed by atoms with E-state index in [1.165, 1.54) is 5.56 Å². The molecule has 0 aliphatic heterocycles. The molecular formula is C20H22N4O2S. The third kappa shape index (κ3) is 3.79. The number of aromatic carboxylic acids is 1. The Hall–Kier alpha value is -2.51. The summed E-state index contributed by atoms with van der Waals surface area (Å²) in [7, 11) is 0. The molecule has 3 aromatic rings. The maximum atomic E-state index is 11.8. The van der Waals surface area contributed by atoms with Gasteiger partial charge in [0.2, 0.25) is 0 Å². The SMILES string of the molecule is O=C(O)c1c2c(nn1CCCNCCc1ccsc1)-c1ccncc1CC2. The zero-order valence-corrected chi connectivity index (χ0v) is 15.8. The van der Waals surface area contributed by atoms with Gasteiger partial charge in [-0.2, -0.15) is 16.4 Å². The first-order valence-electron chi connectivity index (χ1n) is 9.22. The first-order valence-corrected chi connectivity index (χ1v) is 10.2. The molecule has 0 bridgehead atoms. The molecule has 7 heteroatoms. The molecule has 0 amide bonds. The van der Waals surface area contributed by atoms with Crippen molar-refractivity contribution in [2.75, 3.05) is 13.1 Å². The lowest BCUT2D eigenvalue weighted by Crippen LogP contribution is -2.21. The topological polar surface area (TPSA) is 80.0 Å². The van der Waals surface area contributed by atoms with Gasteiger partial charge in [-0.25, -0.2) is 4.79 Å². The normalized spacial score (nSPS) is 12.6. The van der Waals surface area contributed by atoms with Gasteiger partial charge in [-0.3, -0.25) is 9.67 Å². The van der Waals surface area contributed by atoms with Gasteiger partial charge in [-0.1, -0.05) is 0 Å². The number of pyridine rings is 1. The van der Waals surface area contributed by atoms with Crippen molar-refractivity contribution in [3.63, 3.8) is 0 Å². The average molecular weight is 382 g/mol. The van der Waals surface area contributed by atoms with Gasteiger partial charge in [-0.15, -0.1) is 0 Å². The summed E-state index contributed by atoms with van der Waals surface area (Å²) < 4.78 is 1.67. The van der Waals surface area contributed by atoms with Crippen molar-refractivity contribution < 1.29 is 9.90 Å². The second-order valence-electron chi connectivity index (χ2n) is 6.72. The predicted molar refractivity (Wildman–Crippen MR) is 105 cm³/mol. The smallest absolute Gasteiger partial charge is 0.354 e. The minimum absolute atomic E-state index is 0.339. The minimum atomic E-state index is -0.897. The highest BCUT2D eigenvalue weighted by molar-refractivity contribution is 7.07. The molecule has 0 spiro atoms. The number of nitrogens with zero attached hydrogens (tertiary/aromatic N) is 3. The van der Waals surface area contributed by atoms with Gasteiger partial charge in [0.15, 0.2) is 0 Å². The summed E-state index contributed by atoms with van der Waals surface area (Å²) in [5.74, 6) is -0.897. The fourth-order valence-corrected chi connectivity index (χ4v) is 4.32. The van der Waals surface area contributed by atoms with Crippen molar-refractivity contribution >= 4 is 17.3 Å². The van der Waals surface area contributed by atoms with Gasteiger partial charge in [0.1, 0.15) is 5.69 Å². The summed E-state index contributed by atoms with van der Waals surface area (Å²) in [6.45, 7) is 2.37. The van der Waals surface area contributed by atoms with Crippen molar-refractivity contribution in [3.05, 3.63) is 57.7 Å². The number of carboxylic acid groups (broad SMARTS) is 1. The summed E-state index contributed by atoms with van der Waals surface area (Å²) in [4.78, 5) is 16.0. The van der Waals surface area contributed by atoms with Gasteiger partial charge in [0, 0.05) is 30.1 Å². The molecular weight excluding hydrogens is 360 g/mol. The van der Waals surface area contributed by atoms with E-state index in [4.69, 9.17) is 0 Å². The van der Waals surface area contributed by atoms with Crippen LogP contribution in [0.1, 0.15) is 33.6 Å². The van der Waals surface area contributed by atoms with E-state index in [2.05, 4.69) is 32.2 Å². The number of carbonyl (C=O) groups is 1. The minimum Gasteiger partial charge on any atom is -0.477 e. The van der Waals surface area contributed by atoms with E-state index >= 15 is 0 Å². The van der Waals surface area contributed by atoms with Crippen molar-refractivity contribution in [3.8, 4) is 11.3 Å². The van der Waals surface area contributed by atoms with Crippen molar-refractivity contribution in [2.24, 2.45) is 0 Å². The standard InChI is InChI=1S/C20H22N4O2S/c25-20(26)19-17-3-2-15-12-22-9-5-16(15)18(17)23-24(19)10-1-7-21-8-4-14-6-11-27-13-14/h5-6,9,11-13,21H,1-4,7-8,10H2,(H,25,26). The number of carboxylic acids is 1. The molecule has 0 radical (unpaired) electrons. The summed E-state index contributed by atoms with van der Waals surface area (Å²) in [5, 5.41) is 22.1. The molecule has 0 unspecified atom stereocenters. The fourth-order valence-electron chi connectivity index (χ4n) is 3.62. The van der Waals surface area contributed by atoms with Crippen molar-refractivity contribution in [1.29, 1.82) is 0 Å². The highest BCUT2D eigenvalue weighted by atomic mass is 32.1. The maximum absolute atomic E-state index is 11.8. The van der Waals surface area contributed by atoms with Crippen molar-refractivity contribution in [2.45, 2.75) is 32.2 Å². The molecule has 1 aliphatic rings. The molecule has 1 aliphatic carbocycles. The fraction of sp³-hybridized carbons (Fsp3) is 0.350. The maximum Gasteiger partial charge on any atom is 0.354 e. The van der Waals surface area contributed by atoms with E-state index in [1.807, 2.05) is 12.3 Å². The molecule has 3 aromatic heterocycles. The van der Waals surface area contributed by atoms with Gasteiger partial charge in [0.25, 0.3) is 0 Å². The van der Waals surface area contributed by atoms with E-state index in [0.29, 0.717) is 18.7 Å². The van der Waals surface area contributed by atoms with Gasteiger partial charge in [0.05, 0.1) is 5.69 Å². The molecule has 27 heavy (non-hydrogen) atoms. The number of aromatic nitrogens is 3. The van der Waals surface area contributed by atoms with Gasteiger partial charge < -0.3 is 10.4 Å². The zero-order chi connectivity index (χ0) is 18.6.